The predicted molar refractivity (Wildman–Crippen MR) is 49.4 cm³/mol. The first kappa shape index (κ1) is 7.77. The molecule has 1 aliphatic rings. The van der Waals surface area contributed by atoms with E-state index in [9.17, 15) is 0 Å². The Morgan fingerprint density at radius 2 is 2.25 bits per heavy atom. The lowest BCUT2D eigenvalue weighted by Crippen LogP contribution is -2.20. The first-order valence-corrected chi connectivity index (χ1v) is 4.42. The minimum absolute atomic E-state index is 0.764. The molecule has 0 aliphatic heterocycles. The van der Waals surface area contributed by atoms with Crippen LogP contribution in [-0.2, 0) is 6.54 Å². The van der Waals surface area contributed by atoms with Crippen molar-refractivity contribution in [2.75, 3.05) is 0 Å². The van der Waals surface area contributed by atoms with Crippen LogP contribution in [0.25, 0.3) is 0 Å². The van der Waals surface area contributed by atoms with Crippen LogP contribution in [0.3, 0.4) is 0 Å². The summed E-state index contributed by atoms with van der Waals surface area (Å²) in [7, 11) is 0. The van der Waals surface area contributed by atoms with Crippen LogP contribution in [0, 0.1) is 0 Å². The average molecular weight is 162 g/mol. The summed E-state index contributed by atoms with van der Waals surface area (Å²) in [4.78, 5) is 0. The van der Waals surface area contributed by atoms with Crippen molar-refractivity contribution in [2.24, 2.45) is 5.84 Å². The monoisotopic (exact) mass is 162 g/mol. The van der Waals surface area contributed by atoms with Crippen LogP contribution in [0.15, 0.2) is 24.3 Å². The van der Waals surface area contributed by atoms with Crippen molar-refractivity contribution in [3.8, 4) is 0 Å². The number of hydrazine groups is 1. The highest BCUT2D eigenvalue weighted by Crippen LogP contribution is 2.40. The third-order valence-electron chi connectivity index (χ3n) is 2.31. The van der Waals surface area contributed by atoms with Crippen LogP contribution in [0.1, 0.15) is 29.9 Å². The van der Waals surface area contributed by atoms with E-state index in [0.29, 0.717) is 0 Å². The number of nitrogens with one attached hydrogen (secondary N) is 1. The summed E-state index contributed by atoms with van der Waals surface area (Å²) in [6, 6.07) is 8.67. The summed E-state index contributed by atoms with van der Waals surface area (Å²) in [5.74, 6) is 6.09. The molecule has 12 heavy (non-hydrogen) atoms. The fourth-order valence-electron chi connectivity index (χ4n) is 1.49. The smallest absolute Gasteiger partial charge is 0.0348 e. The molecule has 1 saturated carbocycles. The first-order valence-electron chi connectivity index (χ1n) is 4.42. The number of hydrogen-bond donors (Lipinski definition) is 2. The highest BCUT2D eigenvalue weighted by Gasteiger charge is 2.23. The Labute approximate surface area is 72.7 Å². The normalized spacial score (nSPS) is 16.4. The van der Waals surface area contributed by atoms with Crippen molar-refractivity contribution in [2.45, 2.75) is 25.3 Å². The van der Waals surface area contributed by atoms with Crippen molar-refractivity contribution in [1.82, 2.24) is 5.43 Å². The van der Waals surface area contributed by atoms with Gasteiger partial charge in [0.05, 0.1) is 0 Å². The van der Waals surface area contributed by atoms with Gasteiger partial charge in [0.15, 0.2) is 0 Å². The molecule has 2 heteroatoms. The van der Waals surface area contributed by atoms with Crippen LogP contribution in [0.4, 0.5) is 0 Å². The Balaban J connectivity index is 2.15. The van der Waals surface area contributed by atoms with Gasteiger partial charge in [-0.15, -0.1) is 0 Å². The summed E-state index contributed by atoms with van der Waals surface area (Å²) in [6.07, 6.45) is 2.72. The summed E-state index contributed by atoms with van der Waals surface area (Å²) < 4.78 is 0. The van der Waals surface area contributed by atoms with Gasteiger partial charge in [-0.2, -0.15) is 0 Å². The second-order valence-electron chi connectivity index (χ2n) is 3.40. The van der Waals surface area contributed by atoms with Gasteiger partial charge in [0.25, 0.3) is 0 Å². The highest BCUT2D eigenvalue weighted by atomic mass is 15.2. The van der Waals surface area contributed by atoms with Crippen molar-refractivity contribution >= 4 is 0 Å². The molecule has 0 spiro atoms. The zero-order valence-electron chi connectivity index (χ0n) is 7.09. The fourth-order valence-corrected chi connectivity index (χ4v) is 1.49. The maximum atomic E-state index is 5.25. The second-order valence-corrected chi connectivity index (χ2v) is 3.40. The van der Waals surface area contributed by atoms with Crippen molar-refractivity contribution in [3.63, 3.8) is 0 Å². The fraction of sp³-hybridized carbons (Fsp3) is 0.400. The van der Waals surface area contributed by atoms with E-state index in [2.05, 4.69) is 29.7 Å². The molecule has 2 rings (SSSR count). The molecule has 3 N–H and O–H groups in total. The average Bonchev–Trinajstić information content (AvgIpc) is 2.88. The minimum atomic E-state index is 0.764. The van der Waals surface area contributed by atoms with Crippen LogP contribution >= 0.6 is 0 Å². The quantitative estimate of drug-likeness (QED) is 0.522. The molecule has 0 saturated heterocycles. The van der Waals surface area contributed by atoms with Gasteiger partial charge in [0.1, 0.15) is 0 Å². The molecule has 64 valence electrons. The van der Waals surface area contributed by atoms with Crippen LogP contribution in [-0.4, -0.2) is 0 Å². The van der Waals surface area contributed by atoms with Gasteiger partial charge in [0, 0.05) is 6.54 Å². The van der Waals surface area contributed by atoms with Gasteiger partial charge in [-0.05, 0) is 29.9 Å². The molecule has 0 atom stereocenters. The SMILES string of the molecule is NNCc1cccc(C2CC2)c1. The molecule has 1 fully saturated rings. The van der Waals surface area contributed by atoms with Crippen LogP contribution < -0.4 is 11.3 Å². The largest absolute Gasteiger partial charge is 0.271 e. The number of hydrogen-bond acceptors (Lipinski definition) is 2. The summed E-state index contributed by atoms with van der Waals surface area (Å²) in [5, 5.41) is 0. The Hall–Kier alpha value is -0.860. The zero-order valence-corrected chi connectivity index (χ0v) is 7.09. The number of rotatable bonds is 3. The molecule has 0 bridgehead atoms. The Morgan fingerprint density at radius 3 is 2.92 bits per heavy atom. The molecule has 0 heterocycles. The van der Waals surface area contributed by atoms with E-state index >= 15 is 0 Å². The number of nitrogens with two attached hydrogens (primary N) is 1. The van der Waals surface area contributed by atoms with E-state index in [1.165, 1.54) is 24.0 Å². The van der Waals surface area contributed by atoms with Crippen LogP contribution in [0.2, 0.25) is 0 Å². The Bertz CT molecular complexity index is 266. The summed E-state index contributed by atoms with van der Waals surface area (Å²) in [5.41, 5.74) is 5.42. The second kappa shape index (κ2) is 3.25. The van der Waals surface area contributed by atoms with E-state index < -0.39 is 0 Å². The van der Waals surface area contributed by atoms with Gasteiger partial charge >= 0.3 is 0 Å². The Kier molecular flexibility index (Phi) is 2.11. The standard InChI is InChI=1S/C10H14N2/c11-12-7-8-2-1-3-10(6-8)9-4-5-9/h1-3,6,9,12H,4-5,7,11H2. The molecule has 0 aromatic heterocycles. The summed E-state index contributed by atoms with van der Waals surface area (Å²) >= 11 is 0. The number of benzene rings is 1. The third-order valence-corrected chi connectivity index (χ3v) is 2.31. The van der Waals surface area contributed by atoms with Crippen molar-refractivity contribution in [1.29, 1.82) is 0 Å². The molecule has 0 unspecified atom stereocenters. The lowest BCUT2D eigenvalue weighted by Gasteiger charge is -2.02. The predicted octanol–water partition coefficient (Wildman–Crippen LogP) is 1.53. The molecule has 0 amide bonds. The third kappa shape index (κ3) is 1.65. The maximum Gasteiger partial charge on any atom is 0.0348 e. The van der Waals surface area contributed by atoms with Gasteiger partial charge in [-0.3, -0.25) is 11.3 Å². The van der Waals surface area contributed by atoms with Gasteiger partial charge < -0.3 is 0 Å². The minimum Gasteiger partial charge on any atom is -0.271 e. The topological polar surface area (TPSA) is 38.0 Å². The molecular formula is C10H14N2. The van der Waals surface area contributed by atoms with Gasteiger partial charge in [0.2, 0.25) is 0 Å². The lowest BCUT2D eigenvalue weighted by molar-refractivity contribution is 0.740. The van der Waals surface area contributed by atoms with Crippen LogP contribution in [0.5, 0.6) is 0 Å². The first-order chi connectivity index (χ1) is 5.90. The van der Waals surface area contributed by atoms with E-state index in [1.54, 1.807) is 0 Å². The zero-order chi connectivity index (χ0) is 8.39. The van der Waals surface area contributed by atoms with E-state index in [-0.39, 0.29) is 0 Å². The van der Waals surface area contributed by atoms with E-state index in [4.69, 9.17) is 5.84 Å². The maximum absolute atomic E-state index is 5.25. The van der Waals surface area contributed by atoms with Crippen molar-refractivity contribution < 1.29 is 0 Å². The highest BCUT2D eigenvalue weighted by molar-refractivity contribution is 5.28. The van der Waals surface area contributed by atoms with E-state index in [0.717, 1.165) is 12.5 Å². The molecule has 2 nitrogen and oxygen atoms in total. The van der Waals surface area contributed by atoms with Gasteiger partial charge in [-0.25, -0.2) is 0 Å². The summed E-state index contributed by atoms with van der Waals surface area (Å²) in [6.45, 7) is 0.764. The van der Waals surface area contributed by atoms with E-state index in [1.807, 2.05) is 0 Å². The molecular weight excluding hydrogens is 148 g/mol. The van der Waals surface area contributed by atoms with Gasteiger partial charge in [-0.1, -0.05) is 24.3 Å². The molecule has 1 aromatic carbocycles. The molecule has 0 radical (unpaired) electrons. The lowest BCUT2D eigenvalue weighted by atomic mass is 10.1. The molecule has 1 aromatic rings. The molecule has 1 aliphatic carbocycles. The van der Waals surface area contributed by atoms with Crippen molar-refractivity contribution in [3.05, 3.63) is 35.4 Å². The Morgan fingerprint density at radius 1 is 1.42 bits per heavy atom.